The van der Waals surface area contributed by atoms with Crippen molar-refractivity contribution in [3.63, 3.8) is 0 Å². The van der Waals surface area contributed by atoms with E-state index in [1.54, 1.807) is 5.38 Å². The molecule has 4 nitrogen and oxygen atoms in total. The van der Waals surface area contributed by atoms with Crippen molar-refractivity contribution in [1.29, 1.82) is 0 Å². The van der Waals surface area contributed by atoms with Gasteiger partial charge in [0, 0.05) is 17.9 Å². The SMILES string of the molecule is CC(N)c1nc(C(=O)C2CCCOC2)cs1. The highest BCUT2D eigenvalue weighted by atomic mass is 32.1. The highest BCUT2D eigenvalue weighted by Gasteiger charge is 2.25. The quantitative estimate of drug-likeness (QED) is 0.818. The number of hydrogen-bond acceptors (Lipinski definition) is 5. The summed E-state index contributed by atoms with van der Waals surface area (Å²) in [4.78, 5) is 16.3. The average molecular weight is 240 g/mol. The largest absolute Gasteiger partial charge is 0.381 e. The molecule has 0 aromatic carbocycles. The van der Waals surface area contributed by atoms with E-state index in [1.807, 2.05) is 6.92 Å². The van der Waals surface area contributed by atoms with Crippen LogP contribution in [0, 0.1) is 5.92 Å². The van der Waals surface area contributed by atoms with Gasteiger partial charge in [-0.3, -0.25) is 4.79 Å². The van der Waals surface area contributed by atoms with Gasteiger partial charge < -0.3 is 10.5 Å². The molecule has 0 bridgehead atoms. The van der Waals surface area contributed by atoms with E-state index in [2.05, 4.69) is 4.98 Å². The third kappa shape index (κ3) is 2.48. The maximum atomic E-state index is 12.1. The lowest BCUT2D eigenvalue weighted by Crippen LogP contribution is -2.25. The number of carbonyl (C=O) groups excluding carboxylic acids is 1. The molecule has 0 aliphatic carbocycles. The van der Waals surface area contributed by atoms with Gasteiger partial charge >= 0.3 is 0 Å². The Morgan fingerprint density at radius 1 is 1.75 bits per heavy atom. The van der Waals surface area contributed by atoms with Crippen molar-refractivity contribution in [3.05, 3.63) is 16.1 Å². The summed E-state index contributed by atoms with van der Waals surface area (Å²) in [6.45, 7) is 3.17. The third-order valence-electron chi connectivity index (χ3n) is 2.70. The van der Waals surface area contributed by atoms with Crippen molar-refractivity contribution >= 4 is 17.1 Å². The fourth-order valence-corrected chi connectivity index (χ4v) is 2.53. The van der Waals surface area contributed by atoms with Crippen LogP contribution in [-0.4, -0.2) is 24.0 Å². The summed E-state index contributed by atoms with van der Waals surface area (Å²) in [5.74, 6) is 0.0830. The van der Waals surface area contributed by atoms with Gasteiger partial charge in [0.1, 0.15) is 10.7 Å². The van der Waals surface area contributed by atoms with Crippen LogP contribution in [0.3, 0.4) is 0 Å². The number of thiazole rings is 1. The van der Waals surface area contributed by atoms with Crippen LogP contribution in [0.4, 0.5) is 0 Å². The predicted octanol–water partition coefficient (Wildman–Crippen LogP) is 1.77. The van der Waals surface area contributed by atoms with E-state index < -0.39 is 0 Å². The van der Waals surface area contributed by atoms with Crippen LogP contribution in [0.5, 0.6) is 0 Å². The molecule has 2 heterocycles. The second kappa shape index (κ2) is 5.03. The van der Waals surface area contributed by atoms with E-state index in [0.717, 1.165) is 24.5 Å². The molecule has 1 saturated heterocycles. The Bertz CT molecular complexity index is 370. The molecule has 2 atom stereocenters. The van der Waals surface area contributed by atoms with Gasteiger partial charge in [0.05, 0.1) is 12.6 Å². The molecule has 1 fully saturated rings. The molecule has 1 aliphatic heterocycles. The molecule has 0 spiro atoms. The molecule has 2 rings (SSSR count). The van der Waals surface area contributed by atoms with Crippen LogP contribution in [0.25, 0.3) is 0 Å². The van der Waals surface area contributed by atoms with E-state index >= 15 is 0 Å². The molecule has 0 saturated carbocycles. The first kappa shape index (κ1) is 11.7. The molecule has 0 radical (unpaired) electrons. The Morgan fingerprint density at radius 2 is 2.56 bits per heavy atom. The lowest BCUT2D eigenvalue weighted by Gasteiger charge is -2.19. The lowest BCUT2D eigenvalue weighted by molar-refractivity contribution is 0.0458. The van der Waals surface area contributed by atoms with Crippen LogP contribution in [0.1, 0.15) is 41.3 Å². The predicted molar refractivity (Wildman–Crippen MR) is 62.6 cm³/mol. The Labute approximate surface area is 98.8 Å². The van der Waals surface area contributed by atoms with Crippen LogP contribution in [0.15, 0.2) is 5.38 Å². The van der Waals surface area contributed by atoms with Crippen LogP contribution < -0.4 is 5.73 Å². The van der Waals surface area contributed by atoms with Crippen LogP contribution >= 0.6 is 11.3 Å². The molecule has 1 aromatic heterocycles. The molecule has 5 heteroatoms. The fraction of sp³-hybridized carbons (Fsp3) is 0.636. The van der Waals surface area contributed by atoms with Gasteiger partial charge in [-0.1, -0.05) is 0 Å². The van der Waals surface area contributed by atoms with Gasteiger partial charge in [-0.15, -0.1) is 11.3 Å². The van der Waals surface area contributed by atoms with E-state index in [0.29, 0.717) is 12.3 Å². The first-order valence-electron chi connectivity index (χ1n) is 5.51. The number of hydrogen-bond donors (Lipinski definition) is 1. The van der Waals surface area contributed by atoms with Crippen LogP contribution in [-0.2, 0) is 4.74 Å². The van der Waals surface area contributed by atoms with E-state index in [9.17, 15) is 4.79 Å². The average Bonchev–Trinajstić information content (AvgIpc) is 2.78. The topological polar surface area (TPSA) is 65.2 Å². The Balaban J connectivity index is 2.07. The molecule has 2 N–H and O–H groups in total. The zero-order valence-corrected chi connectivity index (χ0v) is 10.1. The zero-order chi connectivity index (χ0) is 11.5. The number of rotatable bonds is 3. The molecule has 88 valence electrons. The van der Waals surface area contributed by atoms with Crippen molar-refractivity contribution in [2.75, 3.05) is 13.2 Å². The molecule has 1 aliphatic rings. The molecular weight excluding hydrogens is 224 g/mol. The highest BCUT2D eigenvalue weighted by Crippen LogP contribution is 2.22. The summed E-state index contributed by atoms with van der Waals surface area (Å²) >= 11 is 1.45. The van der Waals surface area contributed by atoms with Crippen molar-refractivity contribution in [1.82, 2.24) is 4.98 Å². The minimum absolute atomic E-state index is 0.0169. The van der Waals surface area contributed by atoms with Crippen molar-refractivity contribution in [2.24, 2.45) is 11.7 Å². The minimum Gasteiger partial charge on any atom is -0.381 e. The summed E-state index contributed by atoms with van der Waals surface area (Å²) < 4.78 is 5.31. The molecular formula is C11H16N2O2S. The Morgan fingerprint density at radius 3 is 3.12 bits per heavy atom. The van der Waals surface area contributed by atoms with Gasteiger partial charge in [-0.25, -0.2) is 4.98 Å². The van der Waals surface area contributed by atoms with Gasteiger partial charge in [0.15, 0.2) is 5.78 Å². The Hall–Kier alpha value is -0.780. The summed E-state index contributed by atoms with van der Waals surface area (Å²) in [6.07, 6.45) is 1.87. The first-order chi connectivity index (χ1) is 7.68. The highest BCUT2D eigenvalue weighted by molar-refractivity contribution is 7.09. The third-order valence-corrected chi connectivity index (χ3v) is 3.74. The molecule has 1 aromatic rings. The fourth-order valence-electron chi connectivity index (χ4n) is 1.77. The van der Waals surface area contributed by atoms with Gasteiger partial charge in [-0.05, 0) is 19.8 Å². The molecule has 0 amide bonds. The zero-order valence-electron chi connectivity index (χ0n) is 9.31. The second-order valence-corrected chi connectivity index (χ2v) is 5.03. The van der Waals surface area contributed by atoms with Gasteiger partial charge in [0.2, 0.25) is 0 Å². The van der Waals surface area contributed by atoms with Gasteiger partial charge in [-0.2, -0.15) is 0 Å². The molecule has 16 heavy (non-hydrogen) atoms. The number of ketones is 1. The summed E-state index contributed by atoms with van der Waals surface area (Å²) in [6, 6.07) is -0.103. The van der Waals surface area contributed by atoms with Gasteiger partial charge in [0.25, 0.3) is 0 Å². The monoisotopic (exact) mass is 240 g/mol. The maximum absolute atomic E-state index is 12.1. The number of ether oxygens (including phenoxy) is 1. The number of Topliss-reactive ketones (excluding diaryl/α,β-unsaturated/α-hetero) is 1. The molecule has 2 unspecified atom stereocenters. The van der Waals surface area contributed by atoms with E-state index in [4.69, 9.17) is 10.5 Å². The van der Waals surface area contributed by atoms with Crippen LogP contribution in [0.2, 0.25) is 0 Å². The van der Waals surface area contributed by atoms with E-state index in [-0.39, 0.29) is 17.7 Å². The number of aromatic nitrogens is 1. The maximum Gasteiger partial charge on any atom is 0.187 e. The normalized spacial score (nSPS) is 23.0. The summed E-state index contributed by atoms with van der Waals surface area (Å²) in [7, 11) is 0. The summed E-state index contributed by atoms with van der Waals surface area (Å²) in [5, 5.41) is 2.62. The standard InChI is InChI=1S/C11H16N2O2S/c1-7(12)11-13-9(6-16-11)10(14)8-3-2-4-15-5-8/h6-8H,2-5,12H2,1H3. The number of nitrogens with zero attached hydrogens (tertiary/aromatic N) is 1. The summed E-state index contributed by atoms with van der Waals surface area (Å²) in [5.41, 5.74) is 6.27. The minimum atomic E-state index is -0.103. The van der Waals surface area contributed by atoms with Crippen molar-refractivity contribution in [2.45, 2.75) is 25.8 Å². The van der Waals surface area contributed by atoms with Crippen molar-refractivity contribution < 1.29 is 9.53 Å². The Kier molecular flexibility index (Phi) is 3.68. The van der Waals surface area contributed by atoms with E-state index in [1.165, 1.54) is 11.3 Å². The second-order valence-electron chi connectivity index (χ2n) is 4.14. The number of carbonyl (C=O) groups is 1. The smallest absolute Gasteiger partial charge is 0.187 e. The number of nitrogens with two attached hydrogens (primary N) is 1. The van der Waals surface area contributed by atoms with Crippen molar-refractivity contribution in [3.8, 4) is 0 Å². The first-order valence-corrected chi connectivity index (χ1v) is 6.39. The lowest BCUT2D eigenvalue weighted by atomic mass is 9.96.